The largest absolute Gasteiger partial charge is 0.376 e. The molecule has 0 spiro atoms. The van der Waals surface area contributed by atoms with Gasteiger partial charge in [0.05, 0.1) is 22.9 Å². The van der Waals surface area contributed by atoms with Gasteiger partial charge in [-0.2, -0.15) is 0 Å². The fourth-order valence-corrected chi connectivity index (χ4v) is 5.54. The molecule has 0 unspecified atom stereocenters. The summed E-state index contributed by atoms with van der Waals surface area (Å²) in [6, 6.07) is 13.5. The molecular formula is C25H26FN3O3S. The number of halogens is 1. The van der Waals surface area contributed by atoms with Crippen molar-refractivity contribution >= 4 is 38.5 Å². The monoisotopic (exact) mass is 467 g/mol. The van der Waals surface area contributed by atoms with Gasteiger partial charge >= 0.3 is 0 Å². The third-order valence-electron chi connectivity index (χ3n) is 6.41. The molecule has 1 aromatic heterocycles. The molecule has 172 valence electrons. The van der Waals surface area contributed by atoms with Gasteiger partial charge in [0, 0.05) is 31.2 Å². The van der Waals surface area contributed by atoms with Gasteiger partial charge in [-0.1, -0.05) is 23.5 Å². The smallest absolute Gasteiger partial charge is 0.253 e. The van der Waals surface area contributed by atoms with Crippen LogP contribution in [-0.2, 0) is 9.53 Å². The third-order valence-corrected chi connectivity index (χ3v) is 7.47. The van der Waals surface area contributed by atoms with Crippen LogP contribution < -0.4 is 4.90 Å². The average molecular weight is 468 g/mol. The molecule has 0 saturated carbocycles. The third kappa shape index (κ3) is 4.77. The summed E-state index contributed by atoms with van der Waals surface area (Å²) in [7, 11) is 0. The van der Waals surface area contributed by atoms with Crippen molar-refractivity contribution in [1.82, 2.24) is 9.88 Å². The first kappa shape index (κ1) is 22.0. The van der Waals surface area contributed by atoms with E-state index in [0.717, 1.165) is 29.7 Å². The molecule has 2 fully saturated rings. The van der Waals surface area contributed by atoms with Crippen LogP contribution in [0.15, 0.2) is 48.5 Å². The van der Waals surface area contributed by atoms with Crippen LogP contribution in [0.4, 0.5) is 9.52 Å². The Hall–Kier alpha value is -2.84. The Morgan fingerprint density at radius 1 is 1.09 bits per heavy atom. The molecule has 2 amide bonds. The maximum absolute atomic E-state index is 13.6. The number of hydrogen-bond acceptors (Lipinski definition) is 5. The molecule has 0 aliphatic carbocycles. The summed E-state index contributed by atoms with van der Waals surface area (Å²) in [5.41, 5.74) is 1.36. The van der Waals surface area contributed by atoms with Crippen LogP contribution in [0.5, 0.6) is 0 Å². The first-order chi connectivity index (χ1) is 16.1. The lowest BCUT2D eigenvalue weighted by atomic mass is 9.94. The molecule has 3 heterocycles. The van der Waals surface area contributed by atoms with Crippen LogP contribution in [-0.4, -0.2) is 54.0 Å². The quantitative estimate of drug-likeness (QED) is 0.554. The predicted molar refractivity (Wildman–Crippen MR) is 126 cm³/mol. The second-order valence-corrected chi connectivity index (χ2v) is 9.63. The zero-order valence-electron chi connectivity index (χ0n) is 18.3. The lowest BCUT2D eigenvalue weighted by Gasteiger charge is -2.34. The molecule has 2 saturated heterocycles. The Kier molecular flexibility index (Phi) is 6.37. The number of ether oxygens (including phenoxy) is 1. The number of fused-ring (bicyclic) bond motifs is 1. The van der Waals surface area contributed by atoms with Gasteiger partial charge in [-0.15, -0.1) is 0 Å². The van der Waals surface area contributed by atoms with E-state index < -0.39 is 0 Å². The predicted octanol–water partition coefficient (Wildman–Crippen LogP) is 4.50. The molecule has 2 aliphatic heterocycles. The first-order valence-corrected chi connectivity index (χ1v) is 12.2. The molecule has 0 radical (unpaired) electrons. The maximum Gasteiger partial charge on any atom is 0.253 e. The fraction of sp³-hybridized carbons (Fsp3) is 0.400. The molecule has 2 aromatic carbocycles. The number of benzene rings is 2. The number of amides is 2. The summed E-state index contributed by atoms with van der Waals surface area (Å²) in [6.07, 6.45) is 3.17. The zero-order valence-corrected chi connectivity index (χ0v) is 19.1. The molecule has 0 N–H and O–H groups in total. The van der Waals surface area contributed by atoms with E-state index in [4.69, 9.17) is 9.72 Å². The maximum atomic E-state index is 13.6. The minimum Gasteiger partial charge on any atom is -0.376 e. The number of likely N-dealkylation sites (tertiary alicyclic amines) is 1. The summed E-state index contributed by atoms with van der Waals surface area (Å²) in [4.78, 5) is 34.7. The van der Waals surface area contributed by atoms with Gasteiger partial charge in [0.25, 0.3) is 5.91 Å². The van der Waals surface area contributed by atoms with Gasteiger partial charge in [0.2, 0.25) is 5.91 Å². The van der Waals surface area contributed by atoms with Gasteiger partial charge in [-0.05, 0) is 62.1 Å². The SMILES string of the molecule is O=C(c1ccc(F)cc1)N1CCC(C(=O)N(C[C@@H]2CCCO2)c2nc3ccccc3s2)CC1. The molecule has 2 aliphatic rings. The number of hydrogen-bond donors (Lipinski definition) is 0. The minimum absolute atomic E-state index is 0.0288. The van der Waals surface area contributed by atoms with Gasteiger partial charge < -0.3 is 9.64 Å². The van der Waals surface area contributed by atoms with E-state index in [0.29, 0.717) is 43.2 Å². The summed E-state index contributed by atoms with van der Waals surface area (Å²) < 4.78 is 20.1. The number of carbonyl (C=O) groups excluding carboxylic acids is 2. The Morgan fingerprint density at radius 3 is 2.55 bits per heavy atom. The van der Waals surface area contributed by atoms with E-state index in [1.54, 1.807) is 4.90 Å². The van der Waals surface area contributed by atoms with E-state index >= 15 is 0 Å². The van der Waals surface area contributed by atoms with Crippen molar-refractivity contribution in [3.05, 3.63) is 59.9 Å². The second kappa shape index (κ2) is 9.57. The number of para-hydroxylation sites is 1. The number of piperidine rings is 1. The Balaban J connectivity index is 1.30. The van der Waals surface area contributed by atoms with E-state index in [9.17, 15) is 14.0 Å². The van der Waals surface area contributed by atoms with Crippen molar-refractivity contribution in [2.45, 2.75) is 31.8 Å². The van der Waals surface area contributed by atoms with Crippen molar-refractivity contribution in [2.75, 3.05) is 31.1 Å². The lowest BCUT2D eigenvalue weighted by molar-refractivity contribution is -0.124. The lowest BCUT2D eigenvalue weighted by Crippen LogP contribution is -2.46. The summed E-state index contributed by atoms with van der Waals surface area (Å²) in [5, 5.41) is 0.710. The Labute approximate surface area is 196 Å². The highest BCUT2D eigenvalue weighted by molar-refractivity contribution is 7.22. The normalized spacial score (nSPS) is 19.2. The molecule has 5 rings (SSSR count). The minimum atomic E-state index is -0.364. The van der Waals surface area contributed by atoms with Crippen LogP contribution >= 0.6 is 11.3 Å². The van der Waals surface area contributed by atoms with Crippen molar-refractivity contribution in [2.24, 2.45) is 5.92 Å². The van der Waals surface area contributed by atoms with E-state index in [2.05, 4.69) is 0 Å². The summed E-state index contributed by atoms with van der Waals surface area (Å²) >= 11 is 1.53. The van der Waals surface area contributed by atoms with Crippen molar-refractivity contribution in [3.63, 3.8) is 0 Å². The molecule has 1 atom stereocenters. The Bertz CT molecular complexity index is 1100. The van der Waals surface area contributed by atoms with Crippen molar-refractivity contribution in [3.8, 4) is 0 Å². The van der Waals surface area contributed by atoms with Crippen LogP contribution in [0, 0.1) is 11.7 Å². The standard InChI is InChI=1S/C25H26FN3O3S/c26-19-9-7-17(8-10-19)23(30)28-13-11-18(12-14-28)24(31)29(16-20-4-3-15-32-20)25-27-21-5-1-2-6-22(21)33-25/h1-2,5-10,18,20H,3-4,11-16H2/t20-/m0/s1. The van der Waals surface area contributed by atoms with Crippen molar-refractivity contribution < 1.29 is 18.7 Å². The molecule has 33 heavy (non-hydrogen) atoms. The number of anilines is 1. The summed E-state index contributed by atoms with van der Waals surface area (Å²) in [6.45, 7) is 2.24. The van der Waals surface area contributed by atoms with E-state index in [1.807, 2.05) is 29.2 Å². The van der Waals surface area contributed by atoms with E-state index in [1.165, 1.54) is 35.6 Å². The summed E-state index contributed by atoms with van der Waals surface area (Å²) in [5.74, 6) is -0.602. The fourth-order valence-electron chi connectivity index (χ4n) is 4.55. The Morgan fingerprint density at radius 2 is 1.85 bits per heavy atom. The molecule has 8 heteroatoms. The van der Waals surface area contributed by atoms with Gasteiger partial charge in [0.15, 0.2) is 5.13 Å². The number of aromatic nitrogens is 1. The molecular weight excluding hydrogens is 441 g/mol. The number of nitrogens with zero attached hydrogens (tertiary/aromatic N) is 3. The highest BCUT2D eigenvalue weighted by Crippen LogP contribution is 2.32. The van der Waals surface area contributed by atoms with E-state index in [-0.39, 0.29) is 29.7 Å². The zero-order chi connectivity index (χ0) is 22.8. The number of rotatable bonds is 5. The molecule has 6 nitrogen and oxygen atoms in total. The highest BCUT2D eigenvalue weighted by Gasteiger charge is 2.34. The van der Waals surface area contributed by atoms with Gasteiger partial charge in [0.1, 0.15) is 5.82 Å². The van der Waals surface area contributed by atoms with Gasteiger partial charge in [-0.3, -0.25) is 14.5 Å². The van der Waals surface area contributed by atoms with Crippen LogP contribution in [0.3, 0.4) is 0 Å². The topological polar surface area (TPSA) is 62.7 Å². The highest BCUT2D eigenvalue weighted by atomic mass is 32.1. The van der Waals surface area contributed by atoms with Crippen LogP contribution in [0.2, 0.25) is 0 Å². The molecule has 0 bridgehead atoms. The van der Waals surface area contributed by atoms with Crippen LogP contribution in [0.1, 0.15) is 36.0 Å². The average Bonchev–Trinajstić information content (AvgIpc) is 3.52. The molecule has 3 aromatic rings. The van der Waals surface area contributed by atoms with Crippen LogP contribution in [0.25, 0.3) is 10.2 Å². The number of thiazole rings is 1. The number of carbonyl (C=O) groups is 2. The second-order valence-electron chi connectivity index (χ2n) is 8.62. The van der Waals surface area contributed by atoms with Gasteiger partial charge in [-0.25, -0.2) is 9.37 Å². The van der Waals surface area contributed by atoms with Crippen molar-refractivity contribution in [1.29, 1.82) is 0 Å². The first-order valence-electron chi connectivity index (χ1n) is 11.4.